The zero-order valence-electron chi connectivity index (χ0n) is 18.3. The minimum atomic E-state index is -0.510. The third-order valence-corrected chi connectivity index (χ3v) is 6.57. The highest BCUT2D eigenvalue weighted by atomic mass is 32.1. The molecule has 3 aromatic rings. The topological polar surface area (TPSA) is 96.4 Å². The van der Waals surface area contributed by atoms with Gasteiger partial charge in [-0.3, -0.25) is 4.79 Å². The quantitative estimate of drug-likeness (QED) is 0.567. The summed E-state index contributed by atoms with van der Waals surface area (Å²) >= 11 is 1.20. The Hall–Kier alpha value is -3.53. The van der Waals surface area contributed by atoms with Gasteiger partial charge in [0, 0.05) is 19.0 Å². The molecule has 1 aliphatic rings. The van der Waals surface area contributed by atoms with E-state index in [9.17, 15) is 14.0 Å². The minimum absolute atomic E-state index is 0.101. The number of carbonyl (C=O) groups excluding carboxylic acids is 2. The minimum Gasteiger partial charge on any atom is -0.495 e. The van der Waals surface area contributed by atoms with Gasteiger partial charge in [-0.05, 0) is 49.6 Å². The molecule has 2 aromatic carbocycles. The van der Waals surface area contributed by atoms with E-state index in [-0.39, 0.29) is 22.6 Å². The van der Waals surface area contributed by atoms with E-state index >= 15 is 0 Å². The van der Waals surface area contributed by atoms with E-state index < -0.39 is 11.7 Å². The van der Waals surface area contributed by atoms with E-state index in [0.717, 1.165) is 10.6 Å². The molecule has 0 radical (unpaired) electrons. The number of likely N-dealkylation sites (tertiary alicyclic amines) is 1. The highest BCUT2D eigenvalue weighted by Gasteiger charge is 2.27. The fourth-order valence-corrected chi connectivity index (χ4v) is 4.58. The van der Waals surface area contributed by atoms with E-state index in [0.29, 0.717) is 37.4 Å². The molecule has 1 fully saturated rings. The Kier molecular flexibility index (Phi) is 6.83. The molecule has 0 bridgehead atoms. The Morgan fingerprint density at radius 3 is 2.58 bits per heavy atom. The first-order valence-corrected chi connectivity index (χ1v) is 11.4. The third kappa shape index (κ3) is 5.28. The smallest absolute Gasteiger partial charge is 0.321 e. The molecule has 0 aliphatic carbocycles. The molecule has 2 N–H and O–H groups in total. The number of anilines is 2. The lowest BCUT2D eigenvalue weighted by Gasteiger charge is -2.31. The number of piperidine rings is 1. The molecule has 172 valence electrons. The molecular formula is C23H24FN5O3S. The monoisotopic (exact) mass is 469 g/mol. The standard InChI is InChI=1S/C23H24FN5O3S/c1-14-7-8-19(32-2)18(13-14)26-23(31)29-11-9-15(10-12-29)21-27-28-22(33-21)20(30)25-17-6-4-3-5-16(17)24/h3-8,13,15H,9-12H2,1-2H3,(H,25,30)(H,26,31). The fraction of sp³-hybridized carbons (Fsp3) is 0.304. The van der Waals surface area contributed by atoms with Crippen LogP contribution >= 0.6 is 11.3 Å². The van der Waals surface area contributed by atoms with Crippen LogP contribution < -0.4 is 15.4 Å². The number of carbonyl (C=O) groups is 2. The predicted molar refractivity (Wildman–Crippen MR) is 125 cm³/mol. The number of hydrogen-bond donors (Lipinski definition) is 2. The number of nitrogens with one attached hydrogen (secondary N) is 2. The maximum Gasteiger partial charge on any atom is 0.321 e. The zero-order chi connectivity index (χ0) is 23.4. The normalized spacial score (nSPS) is 14.1. The van der Waals surface area contributed by atoms with Crippen molar-refractivity contribution in [2.24, 2.45) is 0 Å². The van der Waals surface area contributed by atoms with Crippen molar-refractivity contribution in [1.82, 2.24) is 15.1 Å². The summed E-state index contributed by atoms with van der Waals surface area (Å²) in [5.74, 6) is -0.286. The first kappa shape index (κ1) is 22.7. The van der Waals surface area contributed by atoms with Crippen LogP contribution in [-0.2, 0) is 0 Å². The molecule has 8 nitrogen and oxygen atoms in total. The fourth-order valence-electron chi connectivity index (χ4n) is 3.67. The number of urea groups is 1. The van der Waals surface area contributed by atoms with E-state index in [1.807, 2.05) is 25.1 Å². The van der Waals surface area contributed by atoms with Crippen LogP contribution in [0.1, 0.15) is 39.1 Å². The van der Waals surface area contributed by atoms with Gasteiger partial charge in [0.15, 0.2) is 0 Å². The summed E-state index contributed by atoms with van der Waals surface area (Å²) in [6, 6.07) is 11.4. The van der Waals surface area contributed by atoms with Crippen molar-refractivity contribution in [3.8, 4) is 5.75 Å². The van der Waals surface area contributed by atoms with Crippen molar-refractivity contribution in [1.29, 1.82) is 0 Å². The number of amides is 3. The average Bonchev–Trinajstić information content (AvgIpc) is 3.31. The Labute approximate surface area is 194 Å². The summed E-state index contributed by atoms with van der Waals surface area (Å²) in [7, 11) is 1.57. The Balaban J connectivity index is 1.33. The van der Waals surface area contributed by atoms with Gasteiger partial charge in [0.1, 0.15) is 16.6 Å². The van der Waals surface area contributed by atoms with Gasteiger partial charge in [-0.15, -0.1) is 10.2 Å². The lowest BCUT2D eigenvalue weighted by Crippen LogP contribution is -2.40. The molecule has 2 heterocycles. The Morgan fingerprint density at radius 1 is 1.09 bits per heavy atom. The largest absolute Gasteiger partial charge is 0.495 e. The first-order chi connectivity index (χ1) is 15.9. The summed E-state index contributed by atoms with van der Waals surface area (Å²) in [6.07, 6.45) is 1.42. The van der Waals surface area contributed by atoms with Gasteiger partial charge in [0.25, 0.3) is 5.91 Å². The second-order valence-corrected chi connectivity index (χ2v) is 8.78. The number of rotatable bonds is 5. The number of aryl methyl sites for hydroxylation is 1. The average molecular weight is 470 g/mol. The predicted octanol–water partition coefficient (Wildman–Crippen LogP) is 4.66. The summed E-state index contributed by atoms with van der Waals surface area (Å²) < 4.78 is 19.1. The van der Waals surface area contributed by atoms with E-state index in [4.69, 9.17) is 4.74 Å². The number of hydrogen-bond acceptors (Lipinski definition) is 6. The van der Waals surface area contributed by atoms with E-state index in [1.165, 1.54) is 23.5 Å². The number of nitrogens with zero attached hydrogens (tertiary/aromatic N) is 3. The number of halogens is 1. The van der Waals surface area contributed by atoms with Crippen molar-refractivity contribution in [3.63, 3.8) is 0 Å². The third-order valence-electron chi connectivity index (χ3n) is 5.48. The molecule has 1 saturated heterocycles. The van der Waals surface area contributed by atoms with Gasteiger partial charge >= 0.3 is 6.03 Å². The van der Waals surface area contributed by atoms with Crippen LogP contribution in [0.5, 0.6) is 5.75 Å². The van der Waals surface area contributed by atoms with Crippen molar-refractivity contribution in [3.05, 3.63) is 63.9 Å². The highest BCUT2D eigenvalue weighted by molar-refractivity contribution is 7.13. The molecule has 10 heteroatoms. The zero-order valence-corrected chi connectivity index (χ0v) is 19.1. The molecule has 1 aromatic heterocycles. The van der Waals surface area contributed by atoms with Crippen LogP contribution in [0.25, 0.3) is 0 Å². The molecule has 0 spiro atoms. The molecule has 1 aliphatic heterocycles. The van der Waals surface area contributed by atoms with Crippen LogP contribution in [-0.4, -0.2) is 47.2 Å². The number of para-hydroxylation sites is 1. The van der Waals surface area contributed by atoms with Crippen molar-refractivity contribution >= 4 is 34.6 Å². The van der Waals surface area contributed by atoms with Gasteiger partial charge < -0.3 is 20.3 Å². The molecule has 4 rings (SSSR count). The Bertz CT molecular complexity index is 1160. The van der Waals surface area contributed by atoms with Crippen LogP contribution in [0.15, 0.2) is 42.5 Å². The van der Waals surface area contributed by atoms with E-state index in [1.54, 1.807) is 24.1 Å². The number of methoxy groups -OCH3 is 1. The number of ether oxygens (including phenoxy) is 1. The highest BCUT2D eigenvalue weighted by Crippen LogP contribution is 2.31. The van der Waals surface area contributed by atoms with Crippen LogP contribution in [0.3, 0.4) is 0 Å². The maximum atomic E-state index is 13.8. The second kappa shape index (κ2) is 9.95. The van der Waals surface area contributed by atoms with Crippen LogP contribution in [0.2, 0.25) is 0 Å². The van der Waals surface area contributed by atoms with Crippen LogP contribution in [0.4, 0.5) is 20.6 Å². The van der Waals surface area contributed by atoms with Crippen molar-refractivity contribution < 1.29 is 18.7 Å². The molecule has 0 saturated carbocycles. The first-order valence-electron chi connectivity index (χ1n) is 10.5. The van der Waals surface area contributed by atoms with Gasteiger partial charge in [-0.1, -0.05) is 29.5 Å². The summed E-state index contributed by atoms with van der Waals surface area (Å²) in [5, 5.41) is 14.5. The van der Waals surface area contributed by atoms with E-state index in [2.05, 4.69) is 20.8 Å². The summed E-state index contributed by atoms with van der Waals surface area (Å²) in [4.78, 5) is 26.9. The molecule has 33 heavy (non-hydrogen) atoms. The summed E-state index contributed by atoms with van der Waals surface area (Å²) in [5.41, 5.74) is 1.76. The van der Waals surface area contributed by atoms with Gasteiger partial charge in [-0.2, -0.15) is 0 Å². The second-order valence-electron chi connectivity index (χ2n) is 7.77. The van der Waals surface area contributed by atoms with Crippen molar-refractivity contribution in [2.75, 3.05) is 30.8 Å². The van der Waals surface area contributed by atoms with Crippen LogP contribution in [0, 0.1) is 12.7 Å². The lowest BCUT2D eigenvalue weighted by molar-refractivity contribution is 0.102. The van der Waals surface area contributed by atoms with Gasteiger partial charge in [0.2, 0.25) is 5.01 Å². The summed E-state index contributed by atoms with van der Waals surface area (Å²) in [6.45, 7) is 3.06. The maximum absolute atomic E-state index is 13.8. The van der Waals surface area contributed by atoms with Crippen molar-refractivity contribution in [2.45, 2.75) is 25.7 Å². The molecule has 0 atom stereocenters. The SMILES string of the molecule is COc1ccc(C)cc1NC(=O)N1CCC(c2nnc(C(=O)Nc3ccccc3F)s2)CC1. The lowest BCUT2D eigenvalue weighted by atomic mass is 9.98. The number of benzene rings is 2. The van der Waals surface area contributed by atoms with Gasteiger partial charge in [-0.25, -0.2) is 9.18 Å². The Morgan fingerprint density at radius 2 is 1.85 bits per heavy atom. The van der Waals surface area contributed by atoms with Gasteiger partial charge in [0.05, 0.1) is 18.5 Å². The number of aromatic nitrogens is 2. The molecular weight excluding hydrogens is 445 g/mol. The molecule has 0 unspecified atom stereocenters. The molecule has 3 amide bonds.